The quantitative estimate of drug-likeness (QED) is 0.813. The SMILES string of the molecule is CC(Nc1cc(F)ncn1)c1ccsc1. The minimum Gasteiger partial charge on any atom is -0.363 e. The summed E-state index contributed by atoms with van der Waals surface area (Å²) in [4.78, 5) is 7.32. The molecule has 2 aromatic heterocycles. The van der Waals surface area contributed by atoms with E-state index in [1.807, 2.05) is 18.4 Å². The lowest BCUT2D eigenvalue weighted by molar-refractivity contribution is 0.579. The molecule has 78 valence electrons. The summed E-state index contributed by atoms with van der Waals surface area (Å²) in [6.45, 7) is 2.00. The molecule has 0 spiro atoms. The molecule has 0 aromatic carbocycles. The average Bonchev–Trinajstić information content (AvgIpc) is 2.70. The van der Waals surface area contributed by atoms with Crippen LogP contribution in [0.4, 0.5) is 10.2 Å². The molecule has 0 saturated heterocycles. The standard InChI is InChI=1S/C10H10FN3S/c1-7(8-2-3-15-5-8)14-10-4-9(11)12-6-13-10/h2-7H,1H3,(H,12,13,14). The van der Waals surface area contributed by atoms with Crippen LogP contribution in [0.2, 0.25) is 0 Å². The Morgan fingerprint density at radius 3 is 3.00 bits per heavy atom. The highest BCUT2D eigenvalue weighted by Crippen LogP contribution is 2.19. The highest BCUT2D eigenvalue weighted by atomic mass is 32.1. The fourth-order valence-electron chi connectivity index (χ4n) is 1.24. The van der Waals surface area contributed by atoms with Crippen molar-refractivity contribution in [3.05, 3.63) is 40.7 Å². The van der Waals surface area contributed by atoms with E-state index in [0.29, 0.717) is 5.82 Å². The van der Waals surface area contributed by atoms with E-state index in [9.17, 15) is 4.39 Å². The number of halogens is 1. The highest BCUT2D eigenvalue weighted by molar-refractivity contribution is 7.07. The Hall–Kier alpha value is -1.49. The molecule has 15 heavy (non-hydrogen) atoms. The lowest BCUT2D eigenvalue weighted by Gasteiger charge is -2.12. The molecule has 0 saturated carbocycles. The predicted octanol–water partition coefficient (Wildman–Crippen LogP) is 2.85. The Balaban J connectivity index is 2.09. The molecular formula is C10H10FN3S. The number of hydrogen-bond donors (Lipinski definition) is 1. The summed E-state index contributed by atoms with van der Waals surface area (Å²) >= 11 is 1.63. The Bertz CT molecular complexity index is 430. The second-order valence-electron chi connectivity index (χ2n) is 3.15. The van der Waals surface area contributed by atoms with Crippen LogP contribution >= 0.6 is 11.3 Å². The molecule has 2 rings (SSSR count). The maximum Gasteiger partial charge on any atom is 0.217 e. The van der Waals surface area contributed by atoms with Crippen molar-refractivity contribution in [2.45, 2.75) is 13.0 Å². The van der Waals surface area contributed by atoms with Crippen molar-refractivity contribution in [3.8, 4) is 0 Å². The summed E-state index contributed by atoms with van der Waals surface area (Å²) in [6, 6.07) is 3.42. The van der Waals surface area contributed by atoms with Gasteiger partial charge in [0.15, 0.2) is 0 Å². The molecule has 1 unspecified atom stereocenters. The number of thiophene rings is 1. The van der Waals surface area contributed by atoms with Crippen molar-refractivity contribution in [3.63, 3.8) is 0 Å². The van der Waals surface area contributed by atoms with Gasteiger partial charge in [0.05, 0.1) is 6.04 Å². The fraction of sp³-hybridized carbons (Fsp3) is 0.200. The first-order valence-corrected chi connectivity index (χ1v) is 5.46. The van der Waals surface area contributed by atoms with Gasteiger partial charge in [0, 0.05) is 6.07 Å². The van der Waals surface area contributed by atoms with Crippen LogP contribution in [0, 0.1) is 5.95 Å². The number of rotatable bonds is 3. The fourth-order valence-corrected chi connectivity index (χ4v) is 1.99. The van der Waals surface area contributed by atoms with E-state index in [1.165, 1.54) is 18.0 Å². The van der Waals surface area contributed by atoms with Crippen molar-refractivity contribution < 1.29 is 4.39 Å². The second kappa shape index (κ2) is 4.35. The van der Waals surface area contributed by atoms with Gasteiger partial charge in [-0.1, -0.05) is 0 Å². The third kappa shape index (κ3) is 2.50. The average molecular weight is 223 g/mol. The number of nitrogens with zero attached hydrogens (tertiary/aromatic N) is 2. The minimum absolute atomic E-state index is 0.116. The van der Waals surface area contributed by atoms with Crippen LogP contribution in [0.25, 0.3) is 0 Å². The normalized spacial score (nSPS) is 12.4. The Kier molecular flexibility index (Phi) is 2.91. The first kappa shape index (κ1) is 10.0. The maximum atomic E-state index is 12.8. The number of nitrogens with one attached hydrogen (secondary N) is 1. The zero-order chi connectivity index (χ0) is 10.7. The predicted molar refractivity (Wildman–Crippen MR) is 58.3 cm³/mol. The highest BCUT2D eigenvalue weighted by Gasteiger charge is 2.06. The summed E-state index contributed by atoms with van der Waals surface area (Å²) in [7, 11) is 0. The van der Waals surface area contributed by atoms with Gasteiger partial charge in [0.1, 0.15) is 12.1 Å². The molecule has 2 heterocycles. The zero-order valence-corrected chi connectivity index (χ0v) is 8.96. The summed E-state index contributed by atoms with van der Waals surface area (Å²) < 4.78 is 12.8. The van der Waals surface area contributed by atoms with Crippen LogP contribution in [0.1, 0.15) is 18.5 Å². The van der Waals surface area contributed by atoms with Gasteiger partial charge in [0.2, 0.25) is 5.95 Å². The maximum absolute atomic E-state index is 12.8. The summed E-state index contributed by atoms with van der Waals surface area (Å²) in [6.07, 6.45) is 1.21. The van der Waals surface area contributed by atoms with Crippen molar-refractivity contribution in [2.75, 3.05) is 5.32 Å². The monoisotopic (exact) mass is 223 g/mol. The van der Waals surface area contributed by atoms with Gasteiger partial charge in [-0.2, -0.15) is 15.7 Å². The van der Waals surface area contributed by atoms with Crippen LogP contribution in [-0.2, 0) is 0 Å². The third-order valence-electron chi connectivity index (χ3n) is 2.04. The van der Waals surface area contributed by atoms with Crippen LogP contribution in [0.15, 0.2) is 29.2 Å². The molecule has 0 bridgehead atoms. The van der Waals surface area contributed by atoms with Crippen LogP contribution in [-0.4, -0.2) is 9.97 Å². The summed E-state index contributed by atoms with van der Waals surface area (Å²) in [5, 5.41) is 7.16. The van der Waals surface area contributed by atoms with Crippen LogP contribution in [0.5, 0.6) is 0 Å². The molecule has 5 heteroatoms. The van der Waals surface area contributed by atoms with Crippen LogP contribution < -0.4 is 5.32 Å². The summed E-state index contributed by atoms with van der Waals surface area (Å²) in [5.74, 6) is -0.0220. The first-order valence-electron chi connectivity index (χ1n) is 4.52. The molecule has 1 atom stereocenters. The van der Waals surface area contributed by atoms with Gasteiger partial charge in [-0.05, 0) is 29.3 Å². The second-order valence-corrected chi connectivity index (χ2v) is 3.93. The van der Waals surface area contributed by atoms with Crippen molar-refractivity contribution in [2.24, 2.45) is 0 Å². The third-order valence-corrected chi connectivity index (χ3v) is 2.74. The lowest BCUT2D eigenvalue weighted by Crippen LogP contribution is -2.07. The Morgan fingerprint density at radius 1 is 1.47 bits per heavy atom. The van der Waals surface area contributed by atoms with Gasteiger partial charge in [-0.15, -0.1) is 0 Å². The van der Waals surface area contributed by atoms with Crippen molar-refractivity contribution in [1.29, 1.82) is 0 Å². The van der Waals surface area contributed by atoms with Gasteiger partial charge < -0.3 is 5.32 Å². The van der Waals surface area contributed by atoms with Crippen molar-refractivity contribution >= 4 is 17.2 Å². The number of aromatic nitrogens is 2. The van der Waals surface area contributed by atoms with Gasteiger partial charge in [-0.25, -0.2) is 9.97 Å². The molecule has 1 N–H and O–H groups in total. The van der Waals surface area contributed by atoms with Gasteiger partial charge >= 0.3 is 0 Å². The van der Waals surface area contributed by atoms with Crippen molar-refractivity contribution in [1.82, 2.24) is 9.97 Å². The molecule has 0 amide bonds. The molecule has 0 aliphatic heterocycles. The lowest BCUT2D eigenvalue weighted by atomic mass is 10.2. The largest absolute Gasteiger partial charge is 0.363 e. The van der Waals surface area contributed by atoms with Gasteiger partial charge in [-0.3, -0.25) is 0 Å². The molecule has 0 aliphatic rings. The number of anilines is 1. The van der Waals surface area contributed by atoms with E-state index in [0.717, 1.165) is 0 Å². The minimum atomic E-state index is -0.523. The topological polar surface area (TPSA) is 37.8 Å². The molecule has 0 fully saturated rings. The smallest absolute Gasteiger partial charge is 0.217 e. The van der Waals surface area contributed by atoms with E-state index < -0.39 is 5.95 Å². The van der Waals surface area contributed by atoms with E-state index >= 15 is 0 Å². The van der Waals surface area contributed by atoms with E-state index in [-0.39, 0.29) is 6.04 Å². The molecule has 2 aromatic rings. The Labute approximate surface area is 91.0 Å². The molecule has 0 radical (unpaired) electrons. The summed E-state index contributed by atoms with van der Waals surface area (Å²) in [5.41, 5.74) is 1.17. The Morgan fingerprint density at radius 2 is 2.33 bits per heavy atom. The van der Waals surface area contributed by atoms with E-state index in [2.05, 4.69) is 20.7 Å². The molecule has 0 aliphatic carbocycles. The first-order chi connectivity index (χ1) is 7.25. The van der Waals surface area contributed by atoms with E-state index in [1.54, 1.807) is 11.3 Å². The zero-order valence-electron chi connectivity index (χ0n) is 8.14. The van der Waals surface area contributed by atoms with Gasteiger partial charge in [0.25, 0.3) is 0 Å². The molecule has 3 nitrogen and oxygen atoms in total. The van der Waals surface area contributed by atoms with Crippen LogP contribution in [0.3, 0.4) is 0 Å². The number of hydrogen-bond acceptors (Lipinski definition) is 4. The van der Waals surface area contributed by atoms with E-state index in [4.69, 9.17) is 0 Å². The molecular weight excluding hydrogens is 213 g/mol.